The van der Waals surface area contributed by atoms with Crippen LogP contribution < -0.4 is 5.56 Å². The number of methoxy groups -OCH3 is 1. The number of fused-ring (bicyclic) bond motifs is 1. The van der Waals surface area contributed by atoms with Crippen LogP contribution in [-0.2, 0) is 11.3 Å². The second kappa shape index (κ2) is 7.28. The summed E-state index contributed by atoms with van der Waals surface area (Å²) in [6.45, 7) is 0.314. The number of pyridine rings is 2. The Kier molecular flexibility index (Phi) is 4.67. The maximum Gasteiger partial charge on any atom is 0.360 e. The van der Waals surface area contributed by atoms with Crippen molar-refractivity contribution >= 4 is 28.2 Å². The summed E-state index contributed by atoms with van der Waals surface area (Å²) in [6, 6.07) is 14.9. The van der Waals surface area contributed by atoms with Crippen LogP contribution in [0.5, 0.6) is 5.75 Å². The highest BCUT2D eigenvalue weighted by Crippen LogP contribution is 2.31. The van der Waals surface area contributed by atoms with Crippen LogP contribution in [0.4, 0.5) is 0 Å². The quantitative estimate of drug-likeness (QED) is 0.536. The van der Waals surface area contributed by atoms with Crippen LogP contribution in [0.3, 0.4) is 0 Å². The van der Waals surface area contributed by atoms with Gasteiger partial charge < -0.3 is 14.4 Å². The number of hydrogen-bond acceptors (Lipinski definition) is 6. The molecule has 1 aromatic carbocycles. The monoisotopic (exact) mass is 392 g/mol. The van der Waals surface area contributed by atoms with E-state index in [4.69, 9.17) is 4.74 Å². The largest absolute Gasteiger partial charge is 0.505 e. The smallest absolute Gasteiger partial charge is 0.360 e. The molecule has 0 unspecified atom stereocenters. The lowest BCUT2D eigenvalue weighted by molar-refractivity contribution is 0.0591. The van der Waals surface area contributed by atoms with Gasteiger partial charge in [-0.25, -0.2) is 9.78 Å². The number of benzene rings is 1. The summed E-state index contributed by atoms with van der Waals surface area (Å²) in [4.78, 5) is 30.0. The molecular formula is C21H16N2O4S. The molecule has 0 aliphatic carbocycles. The molecule has 0 spiro atoms. The zero-order chi connectivity index (χ0) is 19.7. The topological polar surface area (TPSA) is 81.4 Å². The molecule has 0 saturated heterocycles. The second-order valence-corrected chi connectivity index (χ2v) is 7.11. The van der Waals surface area contributed by atoms with Crippen molar-refractivity contribution in [1.82, 2.24) is 9.55 Å². The molecule has 0 atom stereocenters. The van der Waals surface area contributed by atoms with Crippen LogP contribution in [-0.4, -0.2) is 27.7 Å². The summed E-state index contributed by atoms with van der Waals surface area (Å²) in [5, 5.41) is 12.9. The van der Waals surface area contributed by atoms with E-state index in [1.807, 2.05) is 47.8 Å². The molecule has 0 aliphatic rings. The summed E-state index contributed by atoms with van der Waals surface area (Å²) in [5.41, 5.74) is 1.46. The number of rotatable bonds is 4. The Morgan fingerprint density at radius 3 is 2.68 bits per heavy atom. The van der Waals surface area contributed by atoms with Gasteiger partial charge in [-0.15, -0.1) is 11.3 Å². The van der Waals surface area contributed by atoms with Gasteiger partial charge in [-0.05, 0) is 23.1 Å². The molecule has 0 saturated carbocycles. The number of carbonyl (C=O) groups excluding carboxylic acids is 1. The molecule has 3 aromatic heterocycles. The van der Waals surface area contributed by atoms with Gasteiger partial charge in [0.05, 0.1) is 30.9 Å². The molecule has 0 amide bonds. The first-order chi connectivity index (χ1) is 13.6. The van der Waals surface area contributed by atoms with Gasteiger partial charge in [-0.3, -0.25) is 4.79 Å². The van der Waals surface area contributed by atoms with Gasteiger partial charge in [-0.1, -0.05) is 36.4 Å². The fourth-order valence-corrected chi connectivity index (χ4v) is 3.83. The Labute approximate surface area is 164 Å². The maximum absolute atomic E-state index is 13.2. The first kappa shape index (κ1) is 17.9. The summed E-state index contributed by atoms with van der Waals surface area (Å²) in [6.07, 6.45) is 1.42. The minimum Gasteiger partial charge on any atom is -0.505 e. The van der Waals surface area contributed by atoms with Gasteiger partial charge >= 0.3 is 5.97 Å². The van der Waals surface area contributed by atoms with Crippen molar-refractivity contribution in [1.29, 1.82) is 0 Å². The van der Waals surface area contributed by atoms with Gasteiger partial charge in [0.1, 0.15) is 0 Å². The first-order valence-corrected chi connectivity index (χ1v) is 9.39. The number of aromatic nitrogens is 2. The fourth-order valence-electron chi connectivity index (χ4n) is 3.10. The van der Waals surface area contributed by atoms with Gasteiger partial charge in [0.25, 0.3) is 5.56 Å². The van der Waals surface area contributed by atoms with Crippen molar-refractivity contribution in [3.63, 3.8) is 0 Å². The third kappa shape index (κ3) is 3.05. The Bertz CT molecular complexity index is 1210. The second-order valence-electron chi connectivity index (χ2n) is 6.16. The van der Waals surface area contributed by atoms with E-state index in [1.165, 1.54) is 24.6 Å². The van der Waals surface area contributed by atoms with Crippen molar-refractivity contribution < 1.29 is 14.6 Å². The van der Waals surface area contributed by atoms with E-state index in [1.54, 1.807) is 10.6 Å². The molecule has 28 heavy (non-hydrogen) atoms. The van der Waals surface area contributed by atoms with Crippen LogP contribution in [0.2, 0.25) is 0 Å². The standard InChI is InChI=1S/C21H16N2O4S/c1-27-21(26)18-19(24)14-10-15(17-8-5-9-28-17)20(25)23(16(14)11-22-18)12-13-6-3-2-4-7-13/h2-11,24H,12H2,1H3. The van der Waals surface area contributed by atoms with E-state index >= 15 is 0 Å². The summed E-state index contributed by atoms with van der Waals surface area (Å²) in [5.74, 6) is -1.04. The molecule has 0 bridgehead atoms. The van der Waals surface area contributed by atoms with E-state index < -0.39 is 5.97 Å². The van der Waals surface area contributed by atoms with Crippen molar-refractivity contribution in [2.24, 2.45) is 0 Å². The minimum absolute atomic E-state index is 0.183. The van der Waals surface area contributed by atoms with Gasteiger partial charge in [0.15, 0.2) is 11.4 Å². The molecule has 0 radical (unpaired) electrons. The van der Waals surface area contributed by atoms with Gasteiger partial charge in [0, 0.05) is 10.3 Å². The van der Waals surface area contributed by atoms with Crippen molar-refractivity contribution in [2.75, 3.05) is 7.11 Å². The van der Waals surface area contributed by atoms with E-state index in [9.17, 15) is 14.7 Å². The van der Waals surface area contributed by atoms with Crippen LogP contribution >= 0.6 is 11.3 Å². The number of esters is 1. The molecule has 0 fully saturated rings. The van der Waals surface area contributed by atoms with Crippen LogP contribution in [0.15, 0.2) is 64.9 Å². The summed E-state index contributed by atoms with van der Waals surface area (Å²) in [7, 11) is 1.22. The lowest BCUT2D eigenvalue weighted by atomic mass is 10.1. The third-order valence-corrected chi connectivity index (χ3v) is 5.38. The van der Waals surface area contributed by atoms with E-state index in [2.05, 4.69) is 4.98 Å². The highest BCUT2D eigenvalue weighted by Gasteiger charge is 2.20. The van der Waals surface area contributed by atoms with Gasteiger partial charge in [-0.2, -0.15) is 0 Å². The Morgan fingerprint density at radius 1 is 1.21 bits per heavy atom. The highest BCUT2D eigenvalue weighted by molar-refractivity contribution is 7.13. The van der Waals surface area contributed by atoms with Crippen molar-refractivity contribution in [3.8, 4) is 16.2 Å². The third-order valence-electron chi connectivity index (χ3n) is 4.48. The lowest BCUT2D eigenvalue weighted by Crippen LogP contribution is -2.23. The van der Waals surface area contributed by atoms with E-state index in [0.29, 0.717) is 23.0 Å². The molecule has 140 valence electrons. The molecular weight excluding hydrogens is 376 g/mol. The number of ether oxygens (including phenoxy) is 1. The number of nitrogens with zero attached hydrogens (tertiary/aromatic N) is 2. The predicted molar refractivity (Wildman–Crippen MR) is 108 cm³/mol. The van der Waals surface area contributed by atoms with E-state index in [0.717, 1.165) is 10.4 Å². The molecule has 1 N–H and O–H groups in total. The van der Waals surface area contributed by atoms with Gasteiger partial charge in [0.2, 0.25) is 0 Å². The zero-order valence-electron chi connectivity index (χ0n) is 15.0. The average molecular weight is 392 g/mol. The number of carbonyl (C=O) groups is 1. The molecule has 7 heteroatoms. The fraction of sp³-hybridized carbons (Fsp3) is 0.0952. The molecule has 3 heterocycles. The summed E-state index contributed by atoms with van der Waals surface area (Å²) >= 11 is 1.43. The molecule has 6 nitrogen and oxygen atoms in total. The number of hydrogen-bond donors (Lipinski definition) is 1. The zero-order valence-corrected chi connectivity index (χ0v) is 15.8. The molecule has 0 aliphatic heterocycles. The number of thiophene rings is 1. The van der Waals surface area contributed by atoms with E-state index in [-0.39, 0.29) is 17.0 Å². The maximum atomic E-state index is 13.2. The molecule has 4 rings (SSSR count). The average Bonchev–Trinajstić information content (AvgIpc) is 3.25. The van der Waals surface area contributed by atoms with Crippen molar-refractivity contribution in [3.05, 3.63) is 81.7 Å². The lowest BCUT2D eigenvalue weighted by Gasteiger charge is -2.14. The van der Waals surface area contributed by atoms with Crippen LogP contribution in [0, 0.1) is 0 Å². The SMILES string of the molecule is COC(=O)c1ncc2c(cc(-c3cccs3)c(=O)n2Cc2ccccc2)c1O. The molecule has 4 aromatic rings. The summed E-state index contributed by atoms with van der Waals surface area (Å²) < 4.78 is 6.25. The minimum atomic E-state index is -0.738. The normalized spacial score (nSPS) is 10.9. The van der Waals surface area contributed by atoms with Crippen LogP contribution in [0.25, 0.3) is 21.3 Å². The van der Waals surface area contributed by atoms with Crippen molar-refractivity contribution in [2.45, 2.75) is 6.54 Å². The Hall–Kier alpha value is -3.45. The number of aromatic hydroxyl groups is 1. The first-order valence-electron chi connectivity index (χ1n) is 8.51. The Balaban J connectivity index is 2.02. The highest BCUT2D eigenvalue weighted by atomic mass is 32.1. The Morgan fingerprint density at radius 2 is 2.00 bits per heavy atom. The predicted octanol–water partition coefficient (Wildman–Crippen LogP) is 3.67. The van der Waals surface area contributed by atoms with Crippen LogP contribution in [0.1, 0.15) is 16.1 Å².